The fraction of sp³-hybridized carbons (Fsp3) is 0.174. The summed E-state index contributed by atoms with van der Waals surface area (Å²) in [6.45, 7) is 5.22. The van der Waals surface area contributed by atoms with E-state index in [0.29, 0.717) is 21.7 Å². The Balaban J connectivity index is 1.58. The standard InChI is InChI=1S/C23H20FN3O4S/c1-23(2,3)31-22(28)26-14-7-8-18(15(24)12-14)30-19-9-10-25-16-13-20(32-21(16)19)17-6-4-5-11-27(17)29/h4-13H,1-3H3,(H,26,28). The van der Waals surface area contributed by atoms with Gasteiger partial charge in [0.25, 0.3) is 0 Å². The molecule has 0 atom stereocenters. The largest absolute Gasteiger partial charge is 0.618 e. The van der Waals surface area contributed by atoms with Crippen LogP contribution in [0.5, 0.6) is 11.5 Å². The fourth-order valence-electron chi connectivity index (χ4n) is 2.94. The normalized spacial score (nSPS) is 11.4. The number of aromatic nitrogens is 2. The zero-order chi connectivity index (χ0) is 22.9. The second kappa shape index (κ2) is 8.43. The summed E-state index contributed by atoms with van der Waals surface area (Å²) in [6.07, 6.45) is 2.30. The van der Waals surface area contributed by atoms with E-state index in [1.54, 1.807) is 57.3 Å². The lowest BCUT2D eigenvalue weighted by molar-refractivity contribution is -0.593. The lowest BCUT2D eigenvalue weighted by Crippen LogP contribution is -2.27. The minimum Gasteiger partial charge on any atom is -0.618 e. The van der Waals surface area contributed by atoms with E-state index in [1.165, 1.54) is 29.7 Å². The molecule has 0 bridgehead atoms. The van der Waals surface area contributed by atoms with Crippen molar-refractivity contribution in [3.05, 3.63) is 71.9 Å². The number of carbonyl (C=O) groups excluding carboxylic acids is 1. The highest BCUT2D eigenvalue weighted by atomic mass is 32.1. The molecule has 0 radical (unpaired) electrons. The van der Waals surface area contributed by atoms with Gasteiger partial charge in [-0.15, -0.1) is 11.3 Å². The number of nitrogens with one attached hydrogen (secondary N) is 1. The van der Waals surface area contributed by atoms with Crippen LogP contribution in [0.3, 0.4) is 0 Å². The Morgan fingerprint density at radius 2 is 1.97 bits per heavy atom. The van der Waals surface area contributed by atoms with E-state index < -0.39 is 17.5 Å². The first-order valence-electron chi connectivity index (χ1n) is 9.74. The molecule has 0 aliphatic carbocycles. The Morgan fingerprint density at radius 1 is 1.16 bits per heavy atom. The topological polar surface area (TPSA) is 87.4 Å². The van der Waals surface area contributed by atoms with Gasteiger partial charge in [0.2, 0.25) is 5.69 Å². The van der Waals surface area contributed by atoms with Gasteiger partial charge in [-0.2, -0.15) is 4.73 Å². The number of fused-ring (bicyclic) bond motifs is 1. The number of carbonyl (C=O) groups is 1. The van der Waals surface area contributed by atoms with E-state index in [2.05, 4.69) is 10.3 Å². The molecule has 3 aromatic heterocycles. The summed E-state index contributed by atoms with van der Waals surface area (Å²) in [7, 11) is 0. The highest BCUT2D eigenvalue weighted by Crippen LogP contribution is 2.39. The molecule has 32 heavy (non-hydrogen) atoms. The Bertz CT molecular complexity index is 1300. The van der Waals surface area contributed by atoms with Gasteiger partial charge in [0.15, 0.2) is 17.8 Å². The van der Waals surface area contributed by atoms with E-state index in [0.717, 1.165) is 15.7 Å². The third-order valence-corrected chi connectivity index (χ3v) is 5.41. The van der Waals surface area contributed by atoms with Crippen molar-refractivity contribution in [1.82, 2.24) is 4.98 Å². The van der Waals surface area contributed by atoms with Gasteiger partial charge in [0, 0.05) is 36.1 Å². The number of hydrogen-bond acceptors (Lipinski definition) is 6. The van der Waals surface area contributed by atoms with Crippen LogP contribution in [0, 0.1) is 11.0 Å². The maximum absolute atomic E-state index is 14.7. The van der Waals surface area contributed by atoms with Crippen LogP contribution in [0.4, 0.5) is 14.9 Å². The van der Waals surface area contributed by atoms with Gasteiger partial charge >= 0.3 is 6.09 Å². The molecule has 0 aliphatic heterocycles. The average molecular weight is 453 g/mol. The monoisotopic (exact) mass is 453 g/mol. The average Bonchev–Trinajstić information content (AvgIpc) is 3.14. The summed E-state index contributed by atoms with van der Waals surface area (Å²) in [5.41, 5.74) is 0.704. The van der Waals surface area contributed by atoms with E-state index >= 15 is 0 Å². The number of benzene rings is 1. The first kappa shape index (κ1) is 21.5. The van der Waals surface area contributed by atoms with Gasteiger partial charge < -0.3 is 14.7 Å². The van der Waals surface area contributed by atoms with Crippen LogP contribution in [0.25, 0.3) is 20.8 Å². The molecule has 3 heterocycles. The number of rotatable bonds is 4. The summed E-state index contributed by atoms with van der Waals surface area (Å²) >= 11 is 1.33. The highest BCUT2D eigenvalue weighted by molar-refractivity contribution is 7.22. The maximum Gasteiger partial charge on any atom is 0.412 e. The molecule has 0 aliphatic rings. The third-order valence-electron chi connectivity index (χ3n) is 4.25. The Labute approximate surface area is 187 Å². The van der Waals surface area contributed by atoms with Crippen molar-refractivity contribution in [2.24, 2.45) is 0 Å². The second-order valence-electron chi connectivity index (χ2n) is 7.92. The number of hydrogen-bond donors (Lipinski definition) is 1. The van der Waals surface area contributed by atoms with E-state index in [9.17, 15) is 14.4 Å². The zero-order valence-electron chi connectivity index (χ0n) is 17.6. The van der Waals surface area contributed by atoms with Gasteiger partial charge in [-0.05, 0) is 45.0 Å². The Morgan fingerprint density at radius 3 is 2.69 bits per heavy atom. The van der Waals surface area contributed by atoms with Crippen LogP contribution in [0.2, 0.25) is 0 Å². The third kappa shape index (κ3) is 4.78. The summed E-state index contributed by atoms with van der Waals surface area (Å²) in [5, 5.41) is 14.6. The molecular formula is C23H20FN3O4S. The van der Waals surface area contributed by atoms with Gasteiger partial charge in [-0.3, -0.25) is 10.3 Å². The molecule has 7 nitrogen and oxygen atoms in total. The second-order valence-corrected chi connectivity index (χ2v) is 8.97. The highest BCUT2D eigenvalue weighted by Gasteiger charge is 2.18. The van der Waals surface area contributed by atoms with E-state index in [4.69, 9.17) is 9.47 Å². The summed E-state index contributed by atoms with van der Waals surface area (Å²) in [4.78, 5) is 16.9. The van der Waals surface area contributed by atoms with Crippen LogP contribution in [0.15, 0.2) is 60.9 Å². The van der Waals surface area contributed by atoms with Gasteiger partial charge in [-0.25, -0.2) is 9.18 Å². The minimum absolute atomic E-state index is 0.0132. The Hall–Kier alpha value is -3.72. The molecule has 1 N–H and O–H groups in total. The molecular weight excluding hydrogens is 433 g/mol. The van der Waals surface area contributed by atoms with Crippen LogP contribution in [-0.4, -0.2) is 16.7 Å². The molecule has 4 rings (SSSR count). The molecule has 0 unspecified atom stereocenters. The van der Waals surface area contributed by atoms with E-state index in [1.807, 2.05) is 0 Å². The number of halogens is 1. The summed E-state index contributed by atoms with van der Waals surface area (Å²) in [6, 6.07) is 12.7. The molecule has 1 amide bonds. The molecule has 1 aromatic carbocycles. The Kier molecular flexibility index (Phi) is 5.67. The van der Waals surface area contributed by atoms with Crippen molar-refractivity contribution in [3.63, 3.8) is 0 Å². The van der Waals surface area contributed by atoms with Gasteiger partial charge in [-0.1, -0.05) is 0 Å². The summed E-state index contributed by atoms with van der Waals surface area (Å²) in [5.74, 6) is -0.257. The first-order valence-corrected chi connectivity index (χ1v) is 10.6. The van der Waals surface area contributed by atoms with Crippen LogP contribution in [0.1, 0.15) is 20.8 Å². The zero-order valence-corrected chi connectivity index (χ0v) is 18.4. The molecule has 4 aromatic rings. The van der Waals surface area contributed by atoms with Crippen molar-refractivity contribution in [1.29, 1.82) is 0 Å². The predicted molar refractivity (Wildman–Crippen MR) is 120 cm³/mol. The quantitative estimate of drug-likeness (QED) is 0.308. The van der Waals surface area contributed by atoms with Crippen molar-refractivity contribution < 1.29 is 23.4 Å². The van der Waals surface area contributed by atoms with Crippen LogP contribution >= 0.6 is 11.3 Å². The fourth-order valence-corrected chi connectivity index (χ4v) is 4.02. The molecule has 0 spiro atoms. The molecule has 0 saturated carbocycles. The minimum atomic E-state index is -0.677. The number of pyridine rings is 2. The maximum atomic E-state index is 14.7. The lowest BCUT2D eigenvalue weighted by Gasteiger charge is -2.19. The summed E-state index contributed by atoms with van der Waals surface area (Å²) < 4.78 is 27.1. The van der Waals surface area contributed by atoms with Crippen LogP contribution in [-0.2, 0) is 4.74 Å². The van der Waals surface area contributed by atoms with Gasteiger partial charge in [0.1, 0.15) is 16.2 Å². The number of thiophene rings is 1. The van der Waals surface area contributed by atoms with Crippen LogP contribution < -0.4 is 14.8 Å². The lowest BCUT2D eigenvalue weighted by atomic mass is 10.2. The van der Waals surface area contributed by atoms with Crippen molar-refractivity contribution in [2.75, 3.05) is 5.32 Å². The molecule has 0 fully saturated rings. The van der Waals surface area contributed by atoms with Crippen molar-refractivity contribution in [2.45, 2.75) is 26.4 Å². The van der Waals surface area contributed by atoms with Crippen molar-refractivity contribution in [3.8, 4) is 22.1 Å². The number of amides is 1. The number of nitrogens with zero attached hydrogens (tertiary/aromatic N) is 2. The molecule has 164 valence electrons. The number of anilines is 1. The molecule has 9 heteroatoms. The predicted octanol–water partition coefficient (Wildman–Crippen LogP) is 5.88. The first-order chi connectivity index (χ1) is 15.2. The number of ether oxygens (including phenoxy) is 2. The van der Waals surface area contributed by atoms with Crippen molar-refractivity contribution >= 4 is 33.3 Å². The van der Waals surface area contributed by atoms with Gasteiger partial charge in [0.05, 0.1) is 10.2 Å². The smallest absolute Gasteiger partial charge is 0.412 e. The van der Waals surface area contributed by atoms with E-state index in [-0.39, 0.29) is 11.4 Å². The SMILES string of the molecule is CC(C)(C)OC(=O)Nc1ccc(Oc2ccnc3cc(-c4cccc[n+]4[O-])sc23)c(F)c1. The molecule has 0 saturated heterocycles.